The highest BCUT2D eigenvalue weighted by Gasteiger charge is 2.38. The van der Waals surface area contributed by atoms with Gasteiger partial charge < -0.3 is 68.9 Å². The molecular weight excluding hydrogens is 678 g/mol. The van der Waals surface area contributed by atoms with Crippen molar-refractivity contribution in [3.63, 3.8) is 0 Å². The van der Waals surface area contributed by atoms with E-state index in [2.05, 4.69) is 31.6 Å². The molecule has 2 rings (SSSR count). The van der Waals surface area contributed by atoms with Crippen LogP contribution in [0.15, 0.2) is 4.99 Å². The van der Waals surface area contributed by atoms with Gasteiger partial charge in [-0.25, -0.2) is 0 Å². The van der Waals surface area contributed by atoms with Crippen LogP contribution in [0.25, 0.3) is 0 Å². The summed E-state index contributed by atoms with van der Waals surface area (Å²) in [6.07, 6.45) is 0.287. The van der Waals surface area contributed by atoms with Crippen LogP contribution in [-0.2, 0) is 38.4 Å². The van der Waals surface area contributed by atoms with E-state index in [1.165, 1.54) is 16.7 Å². The van der Waals surface area contributed by atoms with Gasteiger partial charge in [0.2, 0.25) is 41.4 Å². The Morgan fingerprint density at radius 1 is 0.804 bits per heavy atom. The average Bonchev–Trinajstić information content (AvgIpc) is 3.79. The quantitative estimate of drug-likeness (QED) is 0.0335. The highest BCUT2D eigenvalue weighted by molar-refractivity contribution is 5.97. The maximum Gasteiger partial charge on any atom is 0.322 e. The Labute approximate surface area is 293 Å². The molecule has 2 saturated heterocycles. The molecule has 0 aromatic heterocycles. The Morgan fingerprint density at radius 2 is 1.35 bits per heavy atom. The van der Waals surface area contributed by atoms with Gasteiger partial charge in [-0.05, 0) is 45.4 Å². The van der Waals surface area contributed by atoms with Gasteiger partial charge in [-0.3, -0.25) is 43.3 Å². The topological polar surface area (TPSA) is 354 Å². The van der Waals surface area contributed by atoms with E-state index >= 15 is 0 Å². The van der Waals surface area contributed by atoms with Crippen LogP contribution >= 0.6 is 0 Å². The largest absolute Gasteiger partial charge is 0.480 e. The molecule has 2 aliphatic heterocycles. The number of aliphatic carboxylic acids is 1. The lowest BCUT2D eigenvalue weighted by Crippen LogP contribution is -2.60. The number of hydrogen-bond acceptors (Lipinski definition) is 12. The number of likely N-dealkylation sites (tertiary alicyclic amines) is 2. The van der Waals surface area contributed by atoms with E-state index in [0.29, 0.717) is 25.8 Å². The number of nitrogens with one attached hydrogen (secondary N) is 5. The van der Waals surface area contributed by atoms with E-state index < -0.39 is 103 Å². The molecule has 14 N–H and O–H groups in total. The number of aliphatic imine (C=N–C) groups is 1. The third-order valence-corrected chi connectivity index (χ3v) is 8.21. The molecule has 6 atom stereocenters. The molecule has 286 valence electrons. The highest BCUT2D eigenvalue weighted by Crippen LogP contribution is 2.19. The first-order chi connectivity index (χ1) is 24.1. The van der Waals surface area contributed by atoms with Gasteiger partial charge in [-0.15, -0.1) is 0 Å². The number of nitrogens with zero attached hydrogens (tertiary/aromatic N) is 3. The van der Waals surface area contributed by atoms with Crippen molar-refractivity contribution in [3.05, 3.63) is 0 Å². The van der Waals surface area contributed by atoms with Crippen LogP contribution in [0.2, 0.25) is 0 Å². The molecular formula is C29H49N11O11. The van der Waals surface area contributed by atoms with Crippen molar-refractivity contribution in [1.29, 1.82) is 0 Å². The van der Waals surface area contributed by atoms with Crippen molar-refractivity contribution >= 4 is 53.3 Å². The second-order valence-electron chi connectivity index (χ2n) is 12.0. The van der Waals surface area contributed by atoms with Gasteiger partial charge in [0.05, 0.1) is 25.8 Å². The highest BCUT2D eigenvalue weighted by atomic mass is 16.4. The van der Waals surface area contributed by atoms with Crippen molar-refractivity contribution in [1.82, 2.24) is 36.4 Å². The summed E-state index contributed by atoms with van der Waals surface area (Å²) in [6, 6.07) is -6.28. The maximum atomic E-state index is 13.2. The van der Waals surface area contributed by atoms with Crippen LogP contribution < -0.4 is 43.8 Å². The molecule has 0 radical (unpaired) electrons. The van der Waals surface area contributed by atoms with E-state index in [9.17, 15) is 48.6 Å². The fourth-order valence-corrected chi connectivity index (χ4v) is 5.61. The van der Waals surface area contributed by atoms with Gasteiger partial charge in [0.15, 0.2) is 5.96 Å². The first-order valence-electron chi connectivity index (χ1n) is 16.4. The lowest BCUT2D eigenvalue weighted by atomic mass is 10.1. The molecule has 22 nitrogen and oxygen atoms in total. The predicted molar refractivity (Wildman–Crippen MR) is 177 cm³/mol. The fourth-order valence-electron chi connectivity index (χ4n) is 5.61. The smallest absolute Gasteiger partial charge is 0.322 e. The zero-order valence-corrected chi connectivity index (χ0v) is 28.3. The Balaban J connectivity index is 2.01. The van der Waals surface area contributed by atoms with Crippen LogP contribution in [0.5, 0.6) is 0 Å². The molecule has 7 amide bonds. The molecule has 0 saturated carbocycles. The van der Waals surface area contributed by atoms with Gasteiger partial charge in [0, 0.05) is 19.6 Å². The third kappa shape index (κ3) is 12.9. The lowest BCUT2D eigenvalue weighted by molar-refractivity contribution is -0.141. The lowest BCUT2D eigenvalue weighted by Gasteiger charge is -2.28. The molecule has 0 aliphatic carbocycles. The van der Waals surface area contributed by atoms with Crippen molar-refractivity contribution in [3.8, 4) is 0 Å². The molecule has 0 aromatic rings. The minimum absolute atomic E-state index is 0.0466. The molecule has 0 spiro atoms. The number of aliphatic hydroxyl groups is 2. The summed E-state index contributed by atoms with van der Waals surface area (Å²) in [4.78, 5) is 107. The zero-order chi connectivity index (χ0) is 38.2. The Kier molecular flexibility index (Phi) is 17.0. The summed E-state index contributed by atoms with van der Waals surface area (Å²) in [6.45, 7) is -0.768. The molecule has 0 bridgehead atoms. The summed E-state index contributed by atoms with van der Waals surface area (Å²) in [7, 11) is 0. The predicted octanol–water partition coefficient (Wildman–Crippen LogP) is -6.87. The van der Waals surface area contributed by atoms with E-state index in [1.807, 2.05) is 0 Å². The van der Waals surface area contributed by atoms with Gasteiger partial charge in [-0.2, -0.15) is 0 Å². The fraction of sp³-hybridized carbons (Fsp3) is 0.690. The Morgan fingerprint density at radius 3 is 1.86 bits per heavy atom. The summed E-state index contributed by atoms with van der Waals surface area (Å²) in [5, 5.41) is 40.6. The van der Waals surface area contributed by atoms with Crippen LogP contribution in [-0.4, -0.2) is 161 Å². The Hall–Kier alpha value is -5.09. The molecule has 0 unspecified atom stereocenters. The van der Waals surface area contributed by atoms with Gasteiger partial charge in [-0.1, -0.05) is 0 Å². The molecule has 0 aromatic carbocycles. The van der Waals surface area contributed by atoms with Crippen molar-refractivity contribution in [2.45, 2.75) is 81.8 Å². The number of rotatable bonds is 19. The van der Waals surface area contributed by atoms with Crippen molar-refractivity contribution in [2.75, 3.05) is 45.9 Å². The van der Waals surface area contributed by atoms with Crippen LogP contribution in [0.4, 0.5) is 0 Å². The number of aliphatic hydroxyl groups excluding tert-OH is 2. The minimum atomic E-state index is -1.63. The monoisotopic (exact) mass is 727 g/mol. The van der Waals surface area contributed by atoms with Crippen molar-refractivity contribution < 1.29 is 53.7 Å². The van der Waals surface area contributed by atoms with Crippen LogP contribution in [0.3, 0.4) is 0 Å². The number of hydrogen-bond donors (Lipinski definition) is 11. The number of nitrogens with two attached hydrogens (primary N) is 3. The standard InChI is InChI=1S/C29H49N11O11/c1-15(42)23(38-25(48)17(14-41)37-27(50)18-6-3-9-39(18)20(43)11-30)28(51)34-12-21(44)40-10-4-7-19(40)26(49)36-16(5-2-8-33-29(31)32)24(47)35-13-22(45)46/h15-19,23,41-42H,2-14,30H2,1H3,(H,34,51)(H,35,47)(H,36,49)(H,37,50)(H,38,48)(H,45,46)(H4,31,32,33)/t15-,16+,17+,18+,19+,23+/m1/s1. The van der Waals surface area contributed by atoms with Gasteiger partial charge in [0.25, 0.3) is 0 Å². The van der Waals surface area contributed by atoms with E-state index in [0.717, 1.165) is 0 Å². The molecule has 2 heterocycles. The Bertz CT molecular complexity index is 1320. The number of carbonyl (C=O) groups is 8. The van der Waals surface area contributed by atoms with Crippen LogP contribution in [0.1, 0.15) is 45.4 Å². The molecule has 2 fully saturated rings. The molecule has 22 heteroatoms. The van der Waals surface area contributed by atoms with Crippen molar-refractivity contribution in [2.24, 2.45) is 22.2 Å². The summed E-state index contributed by atoms with van der Waals surface area (Å²) >= 11 is 0. The van der Waals surface area contributed by atoms with E-state index in [1.54, 1.807) is 0 Å². The summed E-state index contributed by atoms with van der Waals surface area (Å²) in [5.74, 6) is -6.80. The number of amides is 7. The first kappa shape index (κ1) is 42.1. The molecule has 51 heavy (non-hydrogen) atoms. The SMILES string of the molecule is C[C@@H](O)[C@H](NC(=O)[C@H](CO)NC(=O)[C@@H]1CCCN1C(=O)CN)C(=O)NCC(=O)N1CCC[C@H]1C(=O)N[C@@H](CCCN=C(N)N)C(=O)NCC(=O)O. The minimum Gasteiger partial charge on any atom is -0.480 e. The molecule has 2 aliphatic rings. The first-order valence-corrected chi connectivity index (χ1v) is 16.4. The summed E-state index contributed by atoms with van der Waals surface area (Å²) < 4.78 is 0. The number of carbonyl (C=O) groups excluding carboxylic acids is 7. The van der Waals surface area contributed by atoms with Gasteiger partial charge >= 0.3 is 5.97 Å². The number of carboxylic acid groups (broad SMARTS) is 1. The van der Waals surface area contributed by atoms with Gasteiger partial charge in [0.1, 0.15) is 36.8 Å². The third-order valence-electron chi connectivity index (χ3n) is 8.21. The average molecular weight is 728 g/mol. The van der Waals surface area contributed by atoms with E-state index in [-0.39, 0.29) is 44.9 Å². The second kappa shape index (κ2) is 20.6. The number of guanidine groups is 1. The maximum absolute atomic E-state index is 13.2. The normalized spacial score (nSPS) is 19.1. The second-order valence-corrected chi connectivity index (χ2v) is 12.0. The van der Waals surface area contributed by atoms with Crippen LogP contribution in [0, 0.1) is 0 Å². The van der Waals surface area contributed by atoms with E-state index in [4.69, 9.17) is 22.3 Å². The summed E-state index contributed by atoms with van der Waals surface area (Å²) in [5.41, 5.74) is 16.0. The zero-order valence-electron chi connectivity index (χ0n) is 28.3. The number of carboxylic acids is 1.